The second-order valence-corrected chi connectivity index (χ2v) is 7.30. The van der Waals surface area contributed by atoms with Gasteiger partial charge in [-0.15, -0.1) is 0 Å². The average molecular weight is 429 g/mol. The summed E-state index contributed by atoms with van der Waals surface area (Å²) in [6.07, 6.45) is 10.1. The van der Waals surface area contributed by atoms with Gasteiger partial charge >= 0.3 is 0 Å². The van der Waals surface area contributed by atoms with E-state index in [-0.39, 0.29) is 17.0 Å². The van der Waals surface area contributed by atoms with Crippen molar-refractivity contribution in [3.8, 4) is 11.5 Å². The molecule has 0 heterocycles. The molecule has 0 radical (unpaired) electrons. The first-order chi connectivity index (χ1) is 12.0. The highest BCUT2D eigenvalue weighted by atomic mass is 79.9. The van der Waals surface area contributed by atoms with E-state index in [9.17, 15) is 0 Å². The summed E-state index contributed by atoms with van der Waals surface area (Å²) in [6, 6.07) is 5.87. The number of methoxy groups -OCH3 is 2. The zero-order chi connectivity index (χ0) is 18.5. The predicted octanol–water partition coefficient (Wildman–Crippen LogP) is 1.56. The molecule has 26 heavy (non-hydrogen) atoms. The van der Waals surface area contributed by atoms with Crippen molar-refractivity contribution >= 4 is 6.21 Å². The molecular formula is C21H37BrN2O2. The van der Waals surface area contributed by atoms with Crippen LogP contribution in [0.3, 0.4) is 0 Å². The lowest BCUT2D eigenvalue weighted by molar-refractivity contribution is -0.889. The number of hydrogen-bond acceptors (Lipinski definition) is 3. The van der Waals surface area contributed by atoms with Crippen molar-refractivity contribution in [1.29, 1.82) is 0 Å². The number of nitrogens with zero attached hydrogens (tertiary/aromatic N) is 2. The van der Waals surface area contributed by atoms with Crippen LogP contribution in [-0.2, 0) is 0 Å². The van der Waals surface area contributed by atoms with Gasteiger partial charge in [0.25, 0.3) is 0 Å². The monoisotopic (exact) mass is 428 g/mol. The van der Waals surface area contributed by atoms with Crippen LogP contribution in [0.4, 0.5) is 0 Å². The van der Waals surface area contributed by atoms with Crippen LogP contribution in [0.15, 0.2) is 23.2 Å². The lowest BCUT2D eigenvalue weighted by Crippen LogP contribution is -3.00. The Labute approximate surface area is 171 Å². The fraction of sp³-hybridized carbons (Fsp3) is 0.667. The van der Waals surface area contributed by atoms with Crippen LogP contribution in [0.2, 0.25) is 0 Å². The van der Waals surface area contributed by atoms with Gasteiger partial charge in [-0.25, -0.2) is 0 Å². The highest BCUT2D eigenvalue weighted by molar-refractivity contribution is 5.80. The summed E-state index contributed by atoms with van der Waals surface area (Å²) >= 11 is 0. The smallest absolute Gasteiger partial charge is 0.161 e. The Morgan fingerprint density at radius 2 is 1.58 bits per heavy atom. The van der Waals surface area contributed by atoms with Gasteiger partial charge in [0.2, 0.25) is 0 Å². The minimum atomic E-state index is 0. The zero-order valence-corrected chi connectivity index (χ0v) is 18.8. The molecular weight excluding hydrogens is 392 g/mol. The molecule has 0 amide bonds. The van der Waals surface area contributed by atoms with Crippen molar-refractivity contribution in [2.75, 3.05) is 47.9 Å². The first-order valence-corrected chi connectivity index (χ1v) is 9.56. The Morgan fingerprint density at radius 3 is 2.23 bits per heavy atom. The van der Waals surface area contributed by atoms with Gasteiger partial charge in [0.15, 0.2) is 11.5 Å². The third-order valence-corrected chi connectivity index (χ3v) is 4.60. The summed E-state index contributed by atoms with van der Waals surface area (Å²) in [5, 5.41) is 0. The number of rotatable bonds is 13. The number of unbranched alkanes of at least 4 members (excludes halogenated alkanes) is 5. The van der Waals surface area contributed by atoms with Gasteiger partial charge in [0, 0.05) is 6.21 Å². The van der Waals surface area contributed by atoms with Crippen molar-refractivity contribution in [1.82, 2.24) is 0 Å². The van der Waals surface area contributed by atoms with Crippen LogP contribution in [-0.4, -0.2) is 58.6 Å². The molecule has 0 aliphatic heterocycles. The maximum atomic E-state index is 5.33. The second kappa shape index (κ2) is 14.0. The van der Waals surface area contributed by atoms with E-state index in [0.717, 1.165) is 34.6 Å². The summed E-state index contributed by atoms with van der Waals surface area (Å²) in [6.45, 7) is 5.41. The molecule has 0 bridgehead atoms. The second-order valence-electron chi connectivity index (χ2n) is 7.30. The summed E-state index contributed by atoms with van der Waals surface area (Å²) in [5.74, 6) is 1.49. The number of halogens is 1. The molecule has 1 aromatic rings. The molecule has 0 spiro atoms. The van der Waals surface area contributed by atoms with E-state index in [1.807, 2.05) is 24.4 Å². The van der Waals surface area contributed by atoms with Gasteiger partial charge in [-0.3, -0.25) is 4.99 Å². The lowest BCUT2D eigenvalue weighted by atomic mass is 10.1. The Hall–Kier alpha value is -1.07. The molecule has 0 aliphatic rings. The van der Waals surface area contributed by atoms with Crippen molar-refractivity contribution in [3.05, 3.63) is 23.8 Å². The largest absolute Gasteiger partial charge is 1.00 e. The fourth-order valence-electron chi connectivity index (χ4n) is 2.86. The van der Waals surface area contributed by atoms with E-state index < -0.39 is 0 Å². The predicted molar refractivity (Wildman–Crippen MR) is 107 cm³/mol. The minimum Gasteiger partial charge on any atom is -1.00 e. The Kier molecular flexibility index (Phi) is 13.5. The molecule has 0 atom stereocenters. The van der Waals surface area contributed by atoms with Crippen molar-refractivity contribution in [2.45, 2.75) is 45.4 Å². The molecule has 0 saturated heterocycles. The Balaban J connectivity index is 0.00000625. The van der Waals surface area contributed by atoms with Crippen LogP contribution >= 0.6 is 0 Å². The molecule has 0 N–H and O–H groups in total. The van der Waals surface area contributed by atoms with Crippen molar-refractivity contribution in [3.63, 3.8) is 0 Å². The minimum absolute atomic E-state index is 0. The van der Waals surface area contributed by atoms with Gasteiger partial charge in [-0.2, -0.15) is 0 Å². The van der Waals surface area contributed by atoms with Gasteiger partial charge in [-0.05, 0) is 36.6 Å². The summed E-state index contributed by atoms with van der Waals surface area (Å²) in [4.78, 5) is 4.59. The van der Waals surface area contributed by atoms with Crippen LogP contribution in [0.25, 0.3) is 0 Å². The van der Waals surface area contributed by atoms with Crippen LogP contribution in [0.5, 0.6) is 11.5 Å². The number of hydrogen-bond donors (Lipinski definition) is 0. The first-order valence-electron chi connectivity index (χ1n) is 9.56. The van der Waals surface area contributed by atoms with Crippen LogP contribution in [0.1, 0.15) is 51.0 Å². The summed E-state index contributed by atoms with van der Waals surface area (Å²) in [7, 11) is 7.91. The van der Waals surface area contributed by atoms with Gasteiger partial charge in [-0.1, -0.05) is 32.6 Å². The summed E-state index contributed by atoms with van der Waals surface area (Å²) < 4.78 is 11.6. The van der Waals surface area contributed by atoms with E-state index in [2.05, 4.69) is 26.0 Å². The van der Waals surface area contributed by atoms with Gasteiger partial charge < -0.3 is 30.9 Å². The maximum absolute atomic E-state index is 5.33. The Bertz CT molecular complexity index is 519. The van der Waals surface area contributed by atoms with E-state index in [1.54, 1.807) is 14.2 Å². The zero-order valence-electron chi connectivity index (χ0n) is 17.3. The quantitative estimate of drug-likeness (QED) is 0.271. The SMILES string of the molecule is CCCCCCCC[N+](C)(C)CCN=Cc1ccc(OC)c(OC)c1.[Br-]. The number of likely N-dealkylation sites (N-methyl/N-ethyl adjacent to an activating group) is 1. The van der Waals surface area contributed by atoms with Crippen molar-refractivity contribution in [2.24, 2.45) is 4.99 Å². The number of aliphatic imine (C=N–C) groups is 1. The molecule has 0 aromatic heterocycles. The normalized spacial score (nSPS) is 11.4. The third kappa shape index (κ3) is 10.2. The number of ether oxygens (including phenoxy) is 2. The molecule has 0 unspecified atom stereocenters. The van der Waals surface area contributed by atoms with E-state index in [4.69, 9.17) is 9.47 Å². The molecule has 4 nitrogen and oxygen atoms in total. The third-order valence-electron chi connectivity index (χ3n) is 4.60. The standard InChI is InChI=1S/C21H37N2O2.BrH/c1-6-7-8-9-10-11-15-23(2,3)16-14-22-18-19-12-13-20(24-4)21(17-19)25-5;/h12-13,17-18H,6-11,14-16H2,1-5H3;1H/q+1;/p-1. The number of benzene rings is 1. The molecule has 5 heteroatoms. The summed E-state index contributed by atoms with van der Waals surface area (Å²) in [5.41, 5.74) is 1.04. The molecule has 0 aliphatic carbocycles. The lowest BCUT2D eigenvalue weighted by Gasteiger charge is -2.29. The highest BCUT2D eigenvalue weighted by Gasteiger charge is 2.13. The molecule has 0 saturated carbocycles. The highest BCUT2D eigenvalue weighted by Crippen LogP contribution is 2.26. The van der Waals surface area contributed by atoms with Gasteiger partial charge in [0.05, 0.1) is 47.9 Å². The van der Waals surface area contributed by atoms with Crippen molar-refractivity contribution < 1.29 is 30.9 Å². The molecule has 1 rings (SSSR count). The average Bonchev–Trinajstić information content (AvgIpc) is 2.61. The topological polar surface area (TPSA) is 30.8 Å². The molecule has 1 aromatic carbocycles. The van der Waals surface area contributed by atoms with E-state index >= 15 is 0 Å². The molecule has 150 valence electrons. The maximum Gasteiger partial charge on any atom is 0.161 e. The number of quaternary nitrogens is 1. The van der Waals surface area contributed by atoms with Crippen LogP contribution < -0.4 is 26.5 Å². The molecule has 0 fully saturated rings. The Morgan fingerprint density at radius 1 is 0.923 bits per heavy atom. The van der Waals surface area contributed by atoms with Crippen LogP contribution in [0, 0.1) is 0 Å². The van der Waals surface area contributed by atoms with E-state index in [0.29, 0.717) is 0 Å². The van der Waals surface area contributed by atoms with Gasteiger partial charge in [0.1, 0.15) is 0 Å². The fourth-order valence-corrected chi connectivity index (χ4v) is 2.86. The first kappa shape index (κ1) is 24.9. The van der Waals surface area contributed by atoms with E-state index in [1.165, 1.54) is 45.1 Å².